The summed E-state index contributed by atoms with van der Waals surface area (Å²) in [6, 6.07) is 11.3. The van der Waals surface area contributed by atoms with Gasteiger partial charge in [-0.15, -0.1) is 0 Å². The number of amides is 1. The van der Waals surface area contributed by atoms with E-state index >= 15 is 0 Å². The number of aliphatic hydroxyl groups is 1. The number of aromatic nitrogens is 2. The van der Waals surface area contributed by atoms with Crippen molar-refractivity contribution in [3.63, 3.8) is 0 Å². The van der Waals surface area contributed by atoms with Gasteiger partial charge in [-0.05, 0) is 54.2 Å². The predicted octanol–water partition coefficient (Wildman–Crippen LogP) is 4.26. The van der Waals surface area contributed by atoms with Crippen molar-refractivity contribution in [1.29, 1.82) is 0 Å². The second kappa shape index (κ2) is 10.0. The molecule has 0 aliphatic carbocycles. The molecule has 0 saturated carbocycles. The lowest BCUT2D eigenvalue weighted by atomic mass is 9.80. The molecule has 2 aromatic carbocycles. The number of ether oxygens (including phenoxy) is 1. The van der Waals surface area contributed by atoms with E-state index in [4.69, 9.17) is 4.74 Å². The maximum Gasteiger partial charge on any atom is 0.276 e. The van der Waals surface area contributed by atoms with Crippen LogP contribution in [0.25, 0.3) is 0 Å². The number of hydrogen-bond donors (Lipinski definition) is 1. The summed E-state index contributed by atoms with van der Waals surface area (Å²) in [7, 11) is 0. The van der Waals surface area contributed by atoms with E-state index in [1.807, 2.05) is 13.8 Å². The van der Waals surface area contributed by atoms with Gasteiger partial charge in [-0.2, -0.15) is 5.10 Å². The minimum atomic E-state index is -1.29. The second-order valence-electron chi connectivity index (χ2n) is 10.1. The molecule has 37 heavy (non-hydrogen) atoms. The van der Waals surface area contributed by atoms with E-state index in [9.17, 15) is 23.5 Å². The summed E-state index contributed by atoms with van der Waals surface area (Å²) >= 11 is 0. The highest BCUT2D eigenvalue weighted by Gasteiger charge is 2.48. The number of hydrogen-bond acceptors (Lipinski definition) is 5. The molecular weight excluding hydrogens is 480 g/mol. The number of aliphatic hydroxyl groups excluding tert-OH is 1. The first kappa shape index (κ1) is 25.1. The molecule has 2 aliphatic heterocycles. The summed E-state index contributed by atoms with van der Waals surface area (Å²) in [5, 5.41) is 14.8. The first-order chi connectivity index (χ1) is 17.7. The van der Waals surface area contributed by atoms with Crippen molar-refractivity contribution in [3.8, 4) is 5.75 Å². The van der Waals surface area contributed by atoms with Gasteiger partial charge in [-0.3, -0.25) is 14.3 Å². The van der Waals surface area contributed by atoms with Gasteiger partial charge in [0, 0.05) is 18.9 Å². The molecule has 1 amide bonds. The van der Waals surface area contributed by atoms with Gasteiger partial charge in [0.1, 0.15) is 11.6 Å². The van der Waals surface area contributed by atoms with Gasteiger partial charge in [-0.1, -0.05) is 38.1 Å². The normalized spacial score (nSPS) is 19.8. The van der Waals surface area contributed by atoms with E-state index in [1.165, 1.54) is 28.9 Å². The Kier molecular flexibility index (Phi) is 6.81. The first-order valence-corrected chi connectivity index (χ1v) is 12.5. The van der Waals surface area contributed by atoms with Crippen LogP contribution in [0.3, 0.4) is 0 Å². The standard InChI is InChI=1S/C28H29F2N3O4/c1-16(2)12-23(35)37-27-22(34)15-31-33-25(21-10-5-11-32(21)28(36)26(27)33)24(17-6-3-8-19(29)13-17)18-7-4-9-20(30)14-18/h3-4,6-9,13-16,21,23-25,35H,5,10-12H2,1-2H3/t21-,23?,25-/m1/s1. The van der Waals surface area contributed by atoms with Crippen molar-refractivity contribution in [2.24, 2.45) is 5.92 Å². The largest absolute Gasteiger partial charge is 0.458 e. The third kappa shape index (κ3) is 4.75. The fourth-order valence-corrected chi connectivity index (χ4v) is 5.62. The topological polar surface area (TPSA) is 84.7 Å². The van der Waals surface area contributed by atoms with Crippen molar-refractivity contribution in [1.82, 2.24) is 14.7 Å². The maximum atomic E-state index is 14.4. The monoisotopic (exact) mass is 509 g/mol. The van der Waals surface area contributed by atoms with Crippen LogP contribution in [0.5, 0.6) is 5.75 Å². The summed E-state index contributed by atoms with van der Waals surface area (Å²) in [5.41, 5.74) is 0.499. The molecule has 194 valence electrons. The van der Waals surface area contributed by atoms with Gasteiger partial charge < -0.3 is 14.7 Å². The van der Waals surface area contributed by atoms with Crippen LogP contribution in [-0.2, 0) is 0 Å². The Hall–Kier alpha value is -3.59. The van der Waals surface area contributed by atoms with Crippen LogP contribution in [0.2, 0.25) is 0 Å². The first-order valence-electron chi connectivity index (χ1n) is 12.5. The Morgan fingerprint density at radius 2 is 1.73 bits per heavy atom. The Labute approximate surface area is 213 Å². The lowest BCUT2D eigenvalue weighted by Gasteiger charge is -2.43. The van der Waals surface area contributed by atoms with E-state index in [-0.39, 0.29) is 29.8 Å². The van der Waals surface area contributed by atoms with Gasteiger partial charge >= 0.3 is 0 Å². The van der Waals surface area contributed by atoms with Gasteiger partial charge in [-0.25, -0.2) is 8.78 Å². The van der Waals surface area contributed by atoms with Gasteiger partial charge in [0.15, 0.2) is 12.0 Å². The number of carbonyl (C=O) groups excluding carboxylic acids is 1. The third-order valence-electron chi connectivity index (χ3n) is 7.09. The SMILES string of the molecule is CC(C)CC(O)Oc1c2n(ncc1=O)[C@@H](C(c1cccc(F)c1)c1cccc(F)c1)[C@H]1CCCN1C2=O. The lowest BCUT2D eigenvalue weighted by molar-refractivity contribution is -0.0340. The molecule has 0 bridgehead atoms. The highest BCUT2D eigenvalue weighted by atomic mass is 19.1. The van der Waals surface area contributed by atoms with E-state index in [1.54, 1.807) is 29.2 Å². The Morgan fingerprint density at radius 3 is 2.32 bits per heavy atom. The Balaban J connectivity index is 1.73. The van der Waals surface area contributed by atoms with Crippen LogP contribution in [0.15, 0.2) is 59.5 Å². The summed E-state index contributed by atoms with van der Waals surface area (Å²) in [5.74, 6) is -2.06. The highest BCUT2D eigenvalue weighted by Crippen LogP contribution is 2.46. The molecule has 1 N–H and O–H groups in total. The molecule has 9 heteroatoms. The molecule has 5 rings (SSSR count). The van der Waals surface area contributed by atoms with Crippen molar-refractivity contribution >= 4 is 5.91 Å². The summed E-state index contributed by atoms with van der Waals surface area (Å²) < 4.78 is 36.0. The molecule has 0 spiro atoms. The van der Waals surface area contributed by atoms with Gasteiger partial charge in [0.05, 0.1) is 18.3 Å². The summed E-state index contributed by atoms with van der Waals surface area (Å²) in [4.78, 5) is 28.2. The molecular formula is C28H29F2N3O4. The van der Waals surface area contributed by atoms with Crippen molar-refractivity contribution < 1.29 is 23.4 Å². The predicted molar refractivity (Wildman–Crippen MR) is 132 cm³/mol. The second-order valence-corrected chi connectivity index (χ2v) is 10.1. The number of rotatable bonds is 7. The molecule has 1 fully saturated rings. The number of fused-ring (bicyclic) bond motifs is 2. The zero-order valence-electron chi connectivity index (χ0n) is 20.7. The fraction of sp³-hybridized carbons (Fsp3) is 0.393. The van der Waals surface area contributed by atoms with Crippen LogP contribution in [0, 0.1) is 17.6 Å². The van der Waals surface area contributed by atoms with E-state index in [0.717, 1.165) is 12.6 Å². The minimum absolute atomic E-state index is 0.0590. The molecule has 3 atom stereocenters. The average Bonchev–Trinajstić information content (AvgIpc) is 3.33. The molecule has 1 aromatic heterocycles. The number of carbonyl (C=O) groups is 1. The Morgan fingerprint density at radius 1 is 1.08 bits per heavy atom. The average molecular weight is 510 g/mol. The van der Waals surface area contributed by atoms with Crippen molar-refractivity contribution in [2.75, 3.05) is 6.54 Å². The zero-order chi connectivity index (χ0) is 26.3. The number of halogens is 2. The van der Waals surface area contributed by atoms with Gasteiger partial charge in [0.25, 0.3) is 5.91 Å². The van der Waals surface area contributed by atoms with Crippen LogP contribution in [0.4, 0.5) is 8.78 Å². The molecule has 1 saturated heterocycles. The number of nitrogens with zero attached hydrogens (tertiary/aromatic N) is 3. The van der Waals surface area contributed by atoms with Crippen LogP contribution < -0.4 is 10.2 Å². The summed E-state index contributed by atoms with van der Waals surface area (Å²) in [6.45, 7) is 4.27. The minimum Gasteiger partial charge on any atom is -0.458 e. The zero-order valence-corrected chi connectivity index (χ0v) is 20.7. The Bertz CT molecular complexity index is 1330. The number of benzene rings is 2. The van der Waals surface area contributed by atoms with Crippen LogP contribution in [0.1, 0.15) is 66.7 Å². The van der Waals surface area contributed by atoms with Crippen molar-refractivity contribution in [2.45, 2.75) is 57.4 Å². The quantitative estimate of drug-likeness (QED) is 0.482. The highest BCUT2D eigenvalue weighted by molar-refractivity contribution is 5.96. The fourth-order valence-electron chi connectivity index (χ4n) is 5.62. The smallest absolute Gasteiger partial charge is 0.276 e. The van der Waals surface area contributed by atoms with E-state index in [0.29, 0.717) is 24.1 Å². The molecule has 0 radical (unpaired) electrons. The van der Waals surface area contributed by atoms with Crippen molar-refractivity contribution in [3.05, 3.63) is 93.4 Å². The molecule has 7 nitrogen and oxygen atoms in total. The lowest BCUT2D eigenvalue weighted by Crippen LogP contribution is -2.51. The molecule has 3 aromatic rings. The van der Waals surface area contributed by atoms with Gasteiger partial charge in [0.2, 0.25) is 11.2 Å². The van der Waals surface area contributed by atoms with E-state index in [2.05, 4.69) is 5.10 Å². The summed E-state index contributed by atoms with van der Waals surface area (Å²) in [6.07, 6.45) is 1.44. The molecule has 3 heterocycles. The molecule has 2 aliphatic rings. The third-order valence-corrected chi connectivity index (χ3v) is 7.09. The molecule has 1 unspecified atom stereocenters. The van der Waals surface area contributed by atoms with Crippen LogP contribution in [-0.4, -0.2) is 44.6 Å². The maximum absolute atomic E-state index is 14.4. The van der Waals surface area contributed by atoms with Crippen LogP contribution >= 0.6 is 0 Å². The van der Waals surface area contributed by atoms with E-state index < -0.39 is 41.2 Å².